The molecule has 0 fully saturated rings. The number of ether oxygens (including phenoxy) is 1. The SMILES string of the molecule is COC(=O)CC(C)/C(C)=C/Cl. The number of carbonyl (C=O) groups is 1. The van der Waals surface area contributed by atoms with Gasteiger partial charge in [-0.05, 0) is 12.8 Å². The van der Waals surface area contributed by atoms with Crippen LogP contribution in [0.2, 0.25) is 0 Å². The van der Waals surface area contributed by atoms with Crippen molar-refractivity contribution < 1.29 is 9.53 Å². The number of halogens is 1. The van der Waals surface area contributed by atoms with Crippen molar-refractivity contribution in [3.8, 4) is 0 Å². The fourth-order valence-electron chi connectivity index (χ4n) is 0.602. The Labute approximate surface area is 72.2 Å². The van der Waals surface area contributed by atoms with Crippen LogP contribution in [0.1, 0.15) is 20.3 Å². The van der Waals surface area contributed by atoms with Crippen LogP contribution in [0, 0.1) is 5.92 Å². The summed E-state index contributed by atoms with van der Waals surface area (Å²) in [7, 11) is 1.38. The highest BCUT2D eigenvalue weighted by atomic mass is 35.5. The Morgan fingerprint density at radius 2 is 2.27 bits per heavy atom. The zero-order valence-electron chi connectivity index (χ0n) is 7.06. The van der Waals surface area contributed by atoms with Crippen molar-refractivity contribution in [2.24, 2.45) is 5.92 Å². The Hall–Kier alpha value is -0.500. The summed E-state index contributed by atoms with van der Waals surface area (Å²) in [5.74, 6) is -0.0321. The molecule has 0 radical (unpaired) electrons. The third-order valence-corrected chi connectivity index (χ3v) is 1.99. The minimum Gasteiger partial charge on any atom is -0.469 e. The summed E-state index contributed by atoms with van der Waals surface area (Å²) < 4.78 is 4.51. The lowest BCUT2D eigenvalue weighted by atomic mass is 10.0. The molecule has 0 N–H and O–H groups in total. The van der Waals surface area contributed by atoms with E-state index in [2.05, 4.69) is 4.74 Å². The number of methoxy groups -OCH3 is 1. The molecule has 0 aliphatic heterocycles. The summed E-state index contributed by atoms with van der Waals surface area (Å²) in [5.41, 5.74) is 2.49. The number of allylic oxidation sites excluding steroid dienone is 1. The Bertz CT molecular complexity index is 163. The molecule has 0 aromatic heterocycles. The number of carbonyl (C=O) groups excluding carboxylic acids is 1. The van der Waals surface area contributed by atoms with E-state index in [1.807, 2.05) is 13.8 Å². The van der Waals surface area contributed by atoms with Crippen LogP contribution in [0.3, 0.4) is 0 Å². The van der Waals surface area contributed by atoms with E-state index >= 15 is 0 Å². The van der Waals surface area contributed by atoms with E-state index in [0.29, 0.717) is 6.42 Å². The maximum atomic E-state index is 10.8. The number of esters is 1. The van der Waals surface area contributed by atoms with E-state index in [9.17, 15) is 4.79 Å². The highest BCUT2D eigenvalue weighted by Gasteiger charge is 2.09. The summed E-state index contributed by atoms with van der Waals surface area (Å²) in [6.07, 6.45) is 0.394. The third kappa shape index (κ3) is 4.04. The number of hydrogen-bond acceptors (Lipinski definition) is 2. The fraction of sp³-hybridized carbons (Fsp3) is 0.625. The van der Waals surface area contributed by atoms with Gasteiger partial charge >= 0.3 is 5.97 Å². The molecule has 0 bridgehead atoms. The van der Waals surface area contributed by atoms with Gasteiger partial charge in [-0.25, -0.2) is 0 Å². The molecule has 1 unspecified atom stereocenters. The highest BCUT2D eigenvalue weighted by Crippen LogP contribution is 2.14. The van der Waals surface area contributed by atoms with Gasteiger partial charge in [-0.15, -0.1) is 0 Å². The van der Waals surface area contributed by atoms with Gasteiger partial charge in [0.25, 0.3) is 0 Å². The second-order valence-corrected chi connectivity index (χ2v) is 2.75. The standard InChI is InChI=1S/C8H13ClO2/c1-6(7(2)5-9)4-8(10)11-3/h5-6H,4H2,1-3H3/b7-5+. The molecule has 0 saturated carbocycles. The highest BCUT2D eigenvalue weighted by molar-refractivity contribution is 6.25. The smallest absolute Gasteiger partial charge is 0.306 e. The molecule has 0 aromatic rings. The zero-order valence-corrected chi connectivity index (χ0v) is 7.81. The van der Waals surface area contributed by atoms with Crippen LogP contribution in [-0.4, -0.2) is 13.1 Å². The molecule has 0 saturated heterocycles. The first-order valence-corrected chi connectivity index (χ1v) is 3.89. The van der Waals surface area contributed by atoms with Gasteiger partial charge in [0.05, 0.1) is 13.5 Å². The summed E-state index contributed by atoms with van der Waals surface area (Å²) in [4.78, 5) is 10.8. The minimum absolute atomic E-state index is 0.167. The van der Waals surface area contributed by atoms with Crippen molar-refractivity contribution >= 4 is 17.6 Å². The van der Waals surface area contributed by atoms with Gasteiger partial charge in [-0.2, -0.15) is 0 Å². The van der Waals surface area contributed by atoms with Crippen LogP contribution in [0.25, 0.3) is 0 Å². The van der Waals surface area contributed by atoms with Gasteiger partial charge in [-0.1, -0.05) is 24.1 Å². The molecular weight excluding hydrogens is 164 g/mol. The first kappa shape index (κ1) is 10.5. The van der Waals surface area contributed by atoms with Crippen LogP contribution in [0.15, 0.2) is 11.1 Å². The van der Waals surface area contributed by atoms with Crippen LogP contribution in [0.5, 0.6) is 0 Å². The van der Waals surface area contributed by atoms with Crippen molar-refractivity contribution in [1.82, 2.24) is 0 Å². The minimum atomic E-state index is -0.199. The monoisotopic (exact) mass is 176 g/mol. The van der Waals surface area contributed by atoms with Crippen LogP contribution >= 0.6 is 11.6 Å². The Kier molecular flexibility index (Phi) is 4.95. The fourth-order valence-corrected chi connectivity index (χ4v) is 0.817. The van der Waals surface area contributed by atoms with Gasteiger partial charge in [0.1, 0.15) is 0 Å². The molecule has 0 aromatic carbocycles. The lowest BCUT2D eigenvalue weighted by Crippen LogP contribution is -2.07. The summed E-state index contributed by atoms with van der Waals surface area (Å²) >= 11 is 5.46. The maximum absolute atomic E-state index is 10.8. The van der Waals surface area contributed by atoms with E-state index in [1.165, 1.54) is 12.6 Å². The second kappa shape index (κ2) is 5.19. The normalized spacial score (nSPS) is 14.4. The van der Waals surface area contributed by atoms with E-state index in [-0.39, 0.29) is 11.9 Å². The molecular formula is C8H13ClO2. The molecule has 0 rings (SSSR count). The topological polar surface area (TPSA) is 26.3 Å². The number of hydrogen-bond donors (Lipinski definition) is 0. The van der Waals surface area contributed by atoms with E-state index in [1.54, 1.807) is 0 Å². The first-order valence-electron chi connectivity index (χ1n) is 3.45. The lowest BCUT2D eigenvalue weighted by molar-refractivity contribution is -0.141. The van der Waals surface area contributed by atoms with E-state index in [4.69, 9.17) is 11.6 Å². The van der Waals surface area contributed by atoms with Crippen LogP contribution in [-0.2, 0) is 9.53 Å². The quantitative estimate of drug-likeness (QED) is 0.617. The van der Waals surface area contributed by atoms with Gasteiger partial charge in [0.15, 0.2) is 0 Å². The summed E-state index contributed by atoms with van der Waals surface area (Å²) in [5, 5.41) is 0. The average Bonchev–Trinajstić information content (AvgIpc) is 2.02. The van der Waals surface area contributed by atoms with Crippen LogP contribution < -0.4 is 0 Å². The van der Waals surface area contributed by atoms with Gasteiger partial charge in [0, 0.05) is 5.54 Å². The maximum Gasteiger partial charge on any atom is 0.306 e. The predicted octanol–water partition coefficient (Wildman–Crippen LogP) is 2.33. The molecule has 0 amide bonds. The predicted molar refractivity (Wildman–Crippen MR) is 45.4 cm³/mol. The van der Waals surface area contributed by atoms with Gasteiger partial charge in [0.2, 0.25) is 0 Å². The second-order valence-electron chi connectivity index (χ2n) is 2.53. The molecule has 0 spiro atoms. The first-order chi connectivity index (χ1) is 5.11. The van der Waals surface area contributed by atoms with Gasteiger partial charge in [-0.3, -0.25) is 4.79 Å². The third-order valence-electron chi connectivity index (χ3n) is 1.65. The Balaban J connectivity index is 3.87. The van der Waals surface area contributed by atoms with Gasteiger partial charge < -0.3 is 4.74 Å². The summed E-state index contributed by atoms with van der Waals surface area (Å²) in [6, 6.07) is 0. The van der Waals surface area contributed by atoms with Crippen molar-refractivity contribution in [3.63, 3.8) is 0 Å². The lowest BCUT2D eigenvalue weighted by Gasteiger charge is -2.08. The van der Waals surface area contributed by atoms with Crippen molar-refractivity contribution in [1.29, 1.82) is 0 Å². The Morgan fingerprint density at radius 3 is 2.64 bits per heavy atom. The molecule has 64 valence electrons. The van der Waals surface area contributed by atoms with Crippen molar-refractivity contribution in [2.75, 3.05) is 7.11 Å². The largest absolute Gasteiger partial charge is 0.469 e. The zero-order chi connectivity index (χ0) is 8.85. The van der Waals surface area contributed by atoms with E-state index < -0.39 is 0 Å². The average molecular weight is 177 g/mol. The Morgan fingerprint density at radius 1 is 1.73 bits per heavy atom. The molecule has 2 nitrogen and oxygen atoms in total. The molecule has 0 aliphatic rings. The van der Waals surface area contributed by atoms with Crippen molar-refractivity contribution in [3.05, 3.63) is 11.1 Å². The van der Waals surface area contributed by atoms with Crippen molar-refractivity contribution in [2.45, 2.75) is 20.3 Å². The summed E-state index contributed by atoms with van der Waals surface area (Å²) in [6.45, 7) is 3.83. The molecule has 3 heteroatoms. The number of rotatable bonds is 3. The molecule has 0 heterocycles. The van der Waals surface area contributed by atoms with E-state index in [0.717, 1.165) is 5.57 Å². The molecule has 11 heavy (non-hydrogen) atoms. The molecule has 0 aliphatic carbocycles. The van der Waals surface area contributed by atoms with Crippen LogP contribution in [0.4, 0.5) is 0 Å². The molecule has 1 atom stereocenters.